The predicted molar refractivity (Wildman–Crippen MR) is 121 cm³/mol. The average molecular weight is 453 g/mol. The highest BCUT2D eigenvalue weighted by Gasteiger charge is 2.21. The first-order valence-electron chi connectivity index (χ1n) is 10.0. The Kier molecular flexibility index (Phi) is 6.91. The molecule has 11 nitrogen and oxygen atoms in total. The molecule has 0 bridgehead atoms. The standard InChI is InChI=1S/C22H23N5O6/c1-12(8-10-27-11-9-15-18(27)20(31)26-22(23)25-15)13-2-4-14(5-3-13)19(30)24-16(21(32)33)6-7-17(28)29/h2-5,9,11,16H,1,6-8,10H2,(H,24,30)(H,28,29)(H,32,33)(H3,23,25,26,31)/t16-/m0/s1. The Balaban J connectivity index is 1.63. The topological polar surface area (TPSA) is 180 Å². The summed E-state index contributed by atoms with van der Waals surface area (Å²) >= 11 is 0. The fraction of sp³-hybridized carbons (Fsp3) is 0.227. The molecule has 0 fully saturated rings. The molecule has 2 aromatic heterocycles. The van der Waals surface area contributed by atoms with Crippen LogP contribution in [0.25, 0.3) is 16.6 Å². The predicted octanol–water partition coefficient (Wildman–Crippen LogP) is 1.46. The summed E-state index contributed by atoms with van der Waals surface area (Å²) in [6.07, 6.45) is 1.68. The van der Waals surface area contributed by atoms with Crippen molar-refractivity contribution in [2.24, 2.45) is 0 Å². The van der Waals surface area contributed by atoms with E-state index in [1.165, 1.54) is 12.1 Å². The molecule has 1 atom stereocenters. The summed E-state index contributed by atoms with van der Waals surface area (Å²) < 4.78 is 1.76. The summed E-state index contributed by atoms with van der Waals surface area (Å²) in [6, 6.07) is 6.86. The van der Waals surface area contributed by atoms with Gasteiger partial charge in [0, 0.05) is 24.7 Å². The first-order chi connectivity index (χ1) is 15.7. The number of H-pyrrole nitrogens is 1. The molecule has 0 spiro atoms. The fourth-order valence-corrected chi connectivity index (χ4v) is 3.34. The van der Waals surface area contributed by atoms with Gasteiger partial charge in [-0.25, -0.2) is 9.78 Å². The number of fused-ring (bicyclic) bond motifs is 1. The van der Waals surface area contributed by atoms with E-state index in [0.717, 1.165) is 11.1 Å². The number of benzene rings is 1. The van der Waals surface area contributed by atoms with Crippen LogP contribution in [0, 0.1) is 0 Å². The quantitative estimate of drug-likeness (QED) is 0.306. The van der Waals surface area contributed by atoms with E-state index in [0.29, 0.717) is 24.0 Å². The van der Waals surface area contributed by atoms with Gasteiger partial charge in [0.1, 0.15) is 11.6 Å². The number of aryl methyl sites for hydroxylation is 1. The SMILES string of the molecule is C=C(CCn1ccc2nc(N)[nH]c(=O)c21)c1ccc(C(=O)N[C@@H](CCC(=O)O)C(=O)O)cc1. The Morgan fingerprint density at radius 2 is 1.79 bits per heavy atom. The van der Waals surface area contributed by atoms with E-state index >= 15 is 0 Å². The molecule has 1 aromatic carbocycles. The minimum absolute atomic E-state index is 0.0512. The highest BCUT2D eigenvalue weighted by Crippen LogP contribution is 2.19. The van der Waals surface area contributed by atoms with Crippen molar-refractivity contribution in [3.8, 4) is 0 Å². The molecule has 0 aliphatic heterocycles. The number of carbonyl (C=O) groups excluding carboxylic acids is 1. The second kappa shape index (κ2) is 9.81. The maximum absolute atomic E-state index is 12.4. The summed E-state index contributed by atoms with van der Waals surface area (Å²) in [5.41, 5.74) is 7.94. The zero-order valence-electron chi connectivity index (χ0n) is 17.6. The molecule has 33 heavy (non-hydrogen) atoms. The van der Waals surface area contributed by atoms with Gasteiger partial charge in [0.15, 0.2) is 0 Å². The summed E-state index contributed by atoms with van der Waals surface area (Å²) in [5, 5.41) is 20.2. The van der Waals surface area contributed by atoms with E-state index in [1.54, 1.807) is 29.0 Å². The second-order valence-corrected chi connectivity index (χ2v) is 7.42. The second-order valence-electron chi connectivity index (χ2n) is 7.42. The molecule has 11 heteroatoms. The average Bonchev–Trinajstić information content (AvgIpc) is 3.17. The Bertz CT molecular complexity index is 1270. The maximum Gasteiger partial charge on any atom is 0.326 e. The third kappa shape index (κ3) is 5.64. The van der Waals surface area contributed by atoms with Gasteiger partial charge in [-0.1, -0.05) is 18.7 Å². The molecule has 0 saturated carbocycles. The third-order valence-electron chi connectivity index (χ3n) is 5.10. The molecule has 0 radical (unpaired) electrons. The minimum Gasteiger partial charge on any atom is -0.481 e. The van der Waals surface area contributed by atoms with Crippen molar-refractivity contribution in [1.82, 2.24) is 19.9 Å². The number of hydrogen-bond acceptors (Lipinski definition) is 6. The van der Waals surface area contributed by atoms with Crippen molar-refractivity contribution in [2.75, 3.05) is 5.73 Å². The molecule has 6 N–H and O–H groups in total. The number of allylic oxidation sites excluding steroid dienone is 1. The van der Waals surface area contributed by atoms with Crippen LogP contribution in [0.15, 0.2) is 47.9 Å². The number of hydrogen-bond donors (Lipinski definition) is 5. The number of nitrogens with two attached hydrogens (primary N) is 1. The summed E-state index contributed by atoms with van der Waals surface area (Å²) in [6.45, 7) is 4.53. The number of rotatable bonds is 10. The Morgan fingerprint density at radius 1 is 1.12 bits per heavy atom. The number of aromatic amines is 1. The molecule has 1 amide bonds. The molecule has 172 valence electrons. The molecule has 3 rings (SSSR count). The van der Waals surface area contributed by atoms with Gasteiger partial charge in [0.05, 0.1) is 5.52 Å². The Hall–Kier alpha value is -4.41. The van der Waals surface area contributed by atoms with E-state index in [9.17, 15) is 24.3 Å². The van der Waals surface area contributed by atoms with Crippen LogP contribution in [0.1, 0.15) is 35.2 Å². The molecular formula is C22H23N5O6. The number of nitrogens with zero attached hydrogens (tertiary/aromatic N) is 2. The number of carboxylic acid groups (broad SMARTS) is 2. The molecule has 0 aliphatic carbocycles. The van der Waals surface area contributed by atoms with Crippen LogP contribution in [-0.4, -0.2) is 48.6 Å². The van der Waals surface area contributed by atoms with E-state index in [1.807, 2.05) is 0 Å². The van der Waals surface area contributed by atoms with Crippen LogP contribution in [0.5, 0.6) is 0 Å². The molecule has 2 heterocycles. The number of anilines is 1. The van der Waals surface area contributed by atoms with Gasteiger partial charge in [-0.2, -0.15) is 0 Å². The Morgan fingerprint density at radius 3 is 2.42 bits per heavy atom. The van der Waals surface area contributed by atoms with E-state index in [-0.39, 0.29) is 29.9 Å². The monoisotopic (exact) mass is 453 g/mol. The van der Waals surface area contributed by atoms with Gasteiger partial charge in [0.2, 0.25) is 5.95 Å². The van der Waals surface area contributed by atoms with Gasteiger partial charge in [-0.3, -0.25) is 19.4 Å². The number of carboxylic acids is 2. The summed E-state index contributed by atoms with van der Waals surface area (Å²) in [4.78, 5) is 53.0. The van der Waals surface area contributed by atoms with Crippen molar-refractivity contribution in [3.05, 3.63) is 64.6 Å². The van der Waals surface area contributed by atoms with Crippen molar-refractivity contribution in [1.29, 1.82) is 0 Å². The van der Waals surface area contributed by atoms with Crippen molar-refractivity contribution in [2.45, 2.75) is 31.8 Å². The number of nitrogen functional groups attached to an aromatic ring is 1. The van der Waals surface area contributed by atoms with Gasteiger partial charge >= 0.3 is 11.9 Å². The van der Waals surface area contributed by atoms with Crippen LogP contribution in [0.3, 0.4) is 0 Å². The van der Waals surface area contributed by atoms with Crippen LogP contribution < -0.4 is 16.6 Å². The number of aromatic nitrogens is 3. The van der Waals surface area contributed by atoms with Crippen molar-refractivity contribution >= 4 is 40.4 Å². The molecular weight excluding hydrogens is 430 g/mol. The van der Waals surface area contributed by atoms with Crippen LogP contribution in [-0.2, 0) is 16.1 Å². The largest absolute Gasteiger partial charge is 0.481 e. The zero-order chi connectivity index (χ0) is 24.1. The lowest BCUT2D eigenvalue weighted by Crippen LogP contribution is -2.41. The third-order valence-corrected chi connectivity index (χ3v) is 5.10. The van der Waals surface area contributed by atoms with Crippen molar-refractivity contribution in [3.63, 3.8) is 0 Å². The zero-order valence-corrected chi connectivity index (χ0v) is 17.6. The van der Waals surface area contributed by atoms with Crippen LogP contribution in [0.2, 0.25) is 0 Å². The van der Waals surface area contributed by atoms with Gasteiger partial charge < -0.3 is 25.8 Å². The van der Waals surface area contributed by atoms with Crippen LogP contribution in [0.4, 0.5) is 5.95 Å². The first kappa shape index (κ1) is 23.3. The number of nitrogens with one attached hydrogen (secondary N) is 2. The lowest BCUT2D eigenvalue weighted by atomic mass is 10.0. The van der Waals surface area contributed by atoms with Crippen LogP contribution >= 0.6 is 0 Å². The highest BCUT2D eigenvalue weighted by molar-refractivity contribution is 5.97. The number of amides is 1. The normalized spacial score (nSPS) is 11.8. The van der Waals surface area contributed by atoms with E-state index in [4.69, 9.17) is 10.8 Å². The fourth-order valence-electron chi connectivity index (χ4n) is 3.34. The number of carbonyl (C=O) groups is 3. The van der Waals surface area contributed by atoms with Crippen molar-refractivity contribution < 1.29 is 24.6 Å². The molecule has 0 saturated heterocycles. The smallest absolute Gasteiger partial charge is 0.326 e. The van der Waals surface area contributed by atoms with E-state index < -0.39 is 23.9 Å². The van der Waals surface area contributed by atoms with Gasteiger partial charge in [-0.15, -0.1) is 0 Å². The summed E-state index contributed by atoms with van der Waals surface area (Å²) in [7, 11) is 0. The highest BCUT2D eigenvalue weighted by atomic mass is 16.4. The minimum atomic E-state index is -1.30. The lowest BCUT2D eigenvalue weighted by molar-refractivity contribution is -0.140. The first-order valence-corrected chi connectivity index (χ1v) is 10.0. The Labute approximate surface area is 187 Å². The lowest BCUT2D eigenvalue weighted by Gasteiger charge is -2.14. The number of aliphatic carboxylic acids is 2. The molecule has 3 aromatic rings. The van der Waals surface area contributed by atoms with Gasteiger partial charge in [0.25, 0.3) is 11.5 Å². The molecule has 0 aliphatic rings. The maximum atomic E-state index is 12.4. The van der Waals surface area contributed by atoms with E-state index in [2.05, 4.69) is 21.9 Å². The summed E-state index contributed by atoms with van der Waals surface area (Å²) in [5.74, 6) is -3.01. The molecule has 0 unspecified atom stereocenters. The van der Waals surface area contributed by atoms with Gasteiger partial charge in [-0.05, 0) is 42.2 Å².